The van der Waals surface area contributed by atoms with E-state index in [1.165, 1.54) is 5.56 Å². The van der Waals surface area contributed by atoms with Crippen molar-refractivity contribution in [1.82, 2.24) is 0 Å². The van der Waals surface area contributed by atoms with Gasteiger partial charge in [-0.25, -0.2) is 0 Å². The Morgan fingerprint density at radius 1 is 0.900 bits per heavy atom. The number of ether oxygens (including phenoxy) is 2. The summed E-state index contributed by atoms with van der Waals surface area (Å²) in [7, 11) is 0. The summed E-state index contributed by atoms with van der Waals surface area (Å²) in [6.07, 6.45) is 0.698. The van der Waals surface area contributed by atoms with Crippen molar-refractivity contribution in [2.24, 2.45) is 0 Å². The van der Waals surface area contributed by atoms with E-state index in [0.717, 1.165) is 17.1 Å². The van der Waals surface area contributed by atoms with Crippen LogP contribution in [0.2, 0.25) is 0 Å². The van der Waals surface area contributed by atoms with E-state index in [9.17, 15) is 5.11 Å². The Kier molecular flexibility index (Phi) is 3.88. The van der Waals surface area contributed by atoms with E-state index in [1.807, 2.05) is 30.3 Å². The largest absolute Gasteiger partial charge is 0.486 e. The van der Waals surface area contributed by atoms with E-state index < -0.39 is 0 Å². The Labute approximate surface area is 118 Å². The number of hydrogen-bond donors (Lipinski definition) is 1. The fourth-order valence-electron chi connectivity index (χ4n) is 2.62. The van der Waals surface area contributed by atoms with Gasteiger partial charge in [-0.3, -0.25) is 0 Å². The first-order valence-corrected chi connectivity index (χ1v) is 6.94. The molecule has 2 aromatic carbocycles. The third-order valence-corrected chi connectivity index (χ3v) is 3.59. The van der Waals surface area contributed by atoms with Crippen LogP contribution in [0.3, 0.4) is 0 Å². The molecule has 3 nitrogen and oxygen atoms in total. The zero-order valence-corrected chi connectivity index (χ0v) is 11.3. The summed E-state index contributed by atoms with van der Waals surface area (Å²) in [5.74, 6) is 1.78. The van der Waals surface area contributed by atoms with E-state index in [4.69, 9.17) is 9.47 Å². The summed E-state index contributed by atoms with van der Waals surface area (Å²) < 4.78 is 11.2. The Morgan fingerprint density at radius 3 is 2.40 bits per heavy atom. The number of hydrogen-bond acceptors (Lipinski definition) is 3. The van der Waals surface area contributed by atoms with Gasteiger partial charge in [0.15, 0.2) is 11.5 Å². The average Bonchev–Trinajstić information content (AvgIpc) is 2.53. The summed E-state index contributed by atoms with van der Waals surface area (Å²) in [4.78, 5) is 0. The molecular weight excluding hydrogens is 252 g/mol. The van der Waals surface area contributed by atoms with Gasteiger partial charge in [0.05, 0.1) is 0 Å². The van der Waals surface area contributed by atoms with E-state index in [1.54, 1.807) is 0 Å². The normalized spacial score (nSPS) is 14.8. The number of fused-ring (bicyclic) bond motifs is 1. The van der Waals surface area contributed by atoms with Crippen molar-refractivity contribution in [3.05, 3.63) is 59.7 Å². The van der Waals surface area contributed by atoms with Gasteiger partial charge in [-0.1, -0.05) is 36.4 Å². The lowest BCUT2D eigenvalue weighted by atomic mass is 9.88. The lowest BCUT2D eigenvalue weighted by molar-refractivity contribution is 0.171. The van der Waals surface area contributed by atoms with Crippen molar-refractivity contribution in [1.29, 1.82) is 0 Å². The quantitative estimate of drug-likeness (QED) is 0.928. The van der Waals surface area contributed by atoms with Crippen molar-refractivity contribution in [3.63, 3.8) is 0 Å². The fraction of sp³-hybridized carbons (Fsp3) is 0.294. The molecule has 1 atom stereocenters. The molecule has 0 radical (unpaired) electrons. The predicted octanol–water partition coefficient (Wildman–Crippen LogP) is 2.97. The standard InChI is InChI=1S/C17H18O3/c18-9-8-15(13-4-2-1-3-5-13)14-6-7-16-17(12-14)20-11-10-19-16/h1-7,12,15,18H,8-11H2. The van der Waals surface area contributed by atoms with Crippen LogP contribution in [0.25, 0.3) is 0 Å². The Hall–Kier alpha value is -2.00. The molecule has 2 aromatic rings. The minimum absolute atomic E-state index is 0.161. The highest BCUT2D eigenvalue weighted by molar-refractivity contribution is 5.46. The van der Waals surface area contributed by atoms with Crippen LogP contribution in [-0.2, 0) is 0 Å². The number of aliphatic hydroxyl groups is 1. The van der Waals surface area contributed by atoms with E-state index in [0.29, 0.717) is 19.6 Å². The molecule has 0 saturated heterocycles. The van der Waals surface area contributed by atoms with Gasteiger partial charge in [-0.2, -0.15) is 0 Å². The van der Waals surface area contributed by atoms with Crippen LogP contribution >= 0.6 is 0 Å². The highest BCUT2D eigenvalue weighted by atomic mass is 16.6. The topological polar surface area (TPSA) is 38.7 Å². The molecular formula is C17H18O3. The third kappa shape index (κ3) is 2.63. The second-order valence-electron chi connectivity index (χ2n) is 4.88. The zero-order valence-electron chi connectivity index (χ0n) is 11.3. The summed E-state index contributed by atoms with van der Waals surface area (Å²) in [5, 5.41) is 9.34. The van der Waals surface area contributed by atoms with Crippen LogP contribution in [0.1, 0.15) is 23.5 Å². The second kappa shape index (κ2) is 5.97. The van der Waals surface area contributed by atoms with Gasteiger partial charge >= 0.3 is 0 Å². The van der Waals surface area contributed by atoms with Crippen molar-refractivity contribution in [2.45, 2.75) is 12.3 Å². The van der Waals surface area contributed by atoms with Crippen LogP contribution in [0, 0.1) is 0 Å². The van der Waals surface area contributed by atoms with E-state index >= 15 is 0 Å². The number of rotatable bonds is 4. The summed E-state index contributed by atoms with van der Waals surface area (Å²) >= 11 is 0. The monoisotopic (exact) mass is 270 g/mol. The summed E-state index contributed by atoms with van der Waals surface area (Å²) in [5.41, 5.74) is 2.35. The Bertz CT molecular complexity index is 566. The average molecular weight is 270 g/mol. The molecule has 0 aromatic heterocycles. The highest BCUT2D eigenvalue weighted by Gasteiger charge is 2.18. The molecule has 1 aliphatic rings. The first-order valence-electron chi connectivity index (χ1n) is 6.94. The molecule has 104 valence electrons. The zero-order chi connectivity index (χ0) is 13.8. The van der Waals surface area contributed by atoms with Gasteiger partial charge in [0.2, 0.25) is 0 Å². The first kappa shape index (κ1) is 13.0. The molecule has 1 N–H and O–H groups in total. The van der Waals surface area contributed by atoms with Gasteiger partial charge in [0.25, 0.3) is 0 Å². The molecule has 0 fully saturated rings. The molecule has 1 unspecified atom stereocenters. The highest BCUT2D eigenvalue weighted by Crippen LogP contribution is 2.36. The van der Waals surface area contributed by atoms with Crippen molar-refractivity contribution >= 4 is 0 Å². The molecule has 3 rings (SSSR count). The Morgan fingerprint density at radius 2 is 1.65 bits per heavy atom. The molecule has 1 heterocycles. The smallest absolute Gasteiger partial charge is 0.161 e. The predicted molar refractivity (Wildman–Crippen MR) is 77.4 cm³/mol. The number of benzene rings is 2. The SMILES string of the molecule is OCCC(c1ccccc1)c1ccc2c(c1)OCCO2. The molecule has 0 amide bonds. The van der Waals surface area contributed by atoms with Gasteiger partial charge in [-0.05, 0) is 29.7 Å². The minimum atomic E-state index is 0.161. The molecule has 1 aliphatic heterocycles. The molecule has 3 heteroatoms. The van der Waals surface area contributed by atoms with Crippen molar-refractivity contribution in [2.75, 3.05) is 19.8 Å². The Balaban J connectivity index is 1.95. The van der Waals surface area contributed by atoms with E-state index in [2.05, 4.69) is 18.2 Å². The molecule has 0 spiro atoms. The molecule has 0 aliphatic carbocycles. The minimum Gasteiger partial charge on any atom is -0.486 e. The van der Waals surface area contributed by atoms with Crippen molar-refractivity contribution in [3.8, 4) is 11.5 Å². The van der Waals surface area contributed by atoms with Crippen LogP contribution < -0.4 is 9.47 Å². The van der Waals surface area contributed by atoms with Crippen LogP contribution in [0.5, 0.6) is 11.5 Å². The maximum absolute atomic E-state index is 9.34. The van der Waals surface area contributed by atoms with Crippen LogP contribution in [-0.4, -0.2) is 24.9 Å². The summed E-state index contributed by atoms with van der Waals surface area (Å²) in [6, 6.07) is 16.3. The van der Waals surface area contributed by atoms with Crippen molar-refractivity contribution < 1.29 is 14.6 Å². The lowest BCUT2D eigenvalue weighted by Crippen LogP contribution is -2.15. The van der Waals surface area contributed by atoms with Gasteiger partial charge in [0.1, 0.15) is 13.2 Å². The lowest BCUT2D eigenvalue weighted by Gasteiger charge is -2.22. The van der Waals surface area contributed by atoms with Crippen LogP contribution in [0.15, 0.2) is 48.5 Å². The summed E-state index contributed by atoms with van der Waals surface area (Å²) in [6.45, 7) is 1.35. The van der Waals surface area contributed by atoms with Gasteiger partial charge in [0, 0.05) is 12.5 Å². The maximum Gasteiger partial charge on any atom is 0.161 e. The first-order chi connectivity index (χ1) is 9.88. The number of aliphatic hydroxyl groups excluding tert-OH is 1. The molecule has 0 bridgehead atoms. The molecule has 0 saturated carbocycles. The second-order valence-corrected chi connectivity index (χ2v) is 4.88. The third-order valence-electron chi connectivity index (χ3n) is 3.59. The fourth-order valence-corrected chi connectivity index (χ4v) is 2.62. The van der Waals surface area contributed by atoms with Gasteiger partial charge < -0.3 is 14.6 Å². The van der Waals surface area contributed by atoms with Crippen LogP contribution in [0.4, 0.5) is 0 Å². The molecule has 20 heavy (non-hydrogen) atoms. The maximum atomic E-state index is 9.34. The van der Waals surface area contributed by atoms with Gasteiger partial charge in [-0.15, -0.1) is 0 Å². The van der Waals surface area contributed by atoms with E-state index in [-0.39, 0.29) is 12.5 Å².